The van der Waals surface area contributed by atoms with Gasteiger partial charge in [0.15, 0.2) is 0 Å². The van der Waals surface area contributed by atoms with E-state index in [4.69, 9.17) is 9.47 Å². The molecule has 164 valence electrons. The second-order valence-corrected chi connectivity index (χ2v) is 9.97. The molecule has 1 fully saturated rings. The lowest BCUT2D eigenvalue weighted by Crippen LogP contribution is -2.57. The van der Waals surface area contributed by atoms with Gasteiger partial charge in [-0.2, -0.15) is 0 Å². The van der Waals surface area contributed by atoms with Crippen molar-refractivity contribution in [1.82, 2.24) is 4.90 Å². The summed E-state index contributed by atoms with van der Waals surface area (Å²) in [6.45, 7) is 19.5. The average molecular weight is 398 g/mol. The van der Waals surface area contributed by atoms with Gasteiger partial charge in [-0.3, -0.25) is 4.79 Å². The molecule has 0 radical (unpaired) electrons. The van der Waals surface area contributed by atoms with E-state index in [9.17, 15) is 9.59 Å². The molecule has 1 heterocycles. The van der Waals surface area contributed by atoms with Crippen molar-refractivity contribution in [2.45, 2.75) is 112 Å². The lowest BCUT2D eigenvalue weighted by molar-refractivity contribution is -0.192. The number of carbonyl (C=O) groups excluding carboxylic acids is 2. The van der Waals surface area contributed by atoms with Crippen molar-refractivity contribution in [1.29, 1.82) is 0 Å². The van der Waals surface area contributed by atoms with Crippen LogP contribution in [-0.2, 0) is 14.3 Å². The molecule has 0 N–H and O–H groups in total. The van der Waals surface area contributed by atoms with Crippen LogP contribution in [0, 0.1) is 10.8 Å². The molecule has 0 unspecified atom stereocenters. The molecule has 5 heteroatoms. The first-order chi connectivity index (χ1) is 12.8. The van der Waals surface area contributed by atoms with Crippen LogP contribution in [-0.4, -0.2) is 41.3 Å². The first-order valence-corrected chi connectivity index (χ1v) is 11.0. The Hall–Kier alpha value is -1.26. The number of rotatable bonds is 7. The van der Waals surface area contributed by atoms with Gasteiger partial charge in [-0.1, -0.05) is 48.5 Å². The van der Waals surface area contributed by atoms with E-state index < -0.39 is 11.0 Å². The quantitative estimate of drug-likeness (QED) is 0.498. The Morgan fingerprint density at radius 2 is 1.32 bits per heavy atom. The SMILES string of the molecule is CCC(CC)(CC)OC(=O)N1CCC(OC(=O)C(C)(C)CC)(C(C)(C)C)CC1. The maximum atomic E-state index is 12.8. The molecular weight excluding hydrogens is 354 g/mol. The van der Waals surface area contributed by atoms with E-state index in [1.54, 1.807) is 4.90 Å². The highest BCUT2D eigenvalue weighted by Gasteiger charge is 2.50. The minimum Gasteiger partial charge on any atom is -0.458 e. The molecule has 5 nitrogen and oxygen atoms in total. The third-order valence-corrected chi connectivity index (χ3v) is 7.16. The molecule has 0 aromatic rings. The van der Waals surface area contributed by atoms with Gasteiger partial charge in [0, 0.05) is 31.3 Å². The van der Waals surface area contributed by atoms with Crippen molar-refractivity contribution in [3.8, 4) is 0 Å². The van der Waals surface area contributed by atoms with Gasteiger partial charge >= 0.3 is 12.1 Å². The fourth-order valence-corrected chi connectivity index (χ4v) is 3.73. The summed E-state index contributed by atoms with van der Waals surface area (Å²) in [5.74, 6) is -0.150. The van der Waals surface area contributed by atoms with E-state index in [0.717, 1.165) is 25.7 Å². The highest BCUT2D eigenvalue weighted by atomic mass is 16.6. The normalized spacial score (nSPS) is 18.0. The third-order valence-electron chi connectivity index (χ3n) is 7.16. The van der Waals surface area contributed by atoms with Crippen molar-refractivity contribution >= 4 is 12.1 Å². The van der Waals surface area contributed by atoms with E-state index in [1.807, 2.05) is 20.8 Å². The number of carbonyl (C=O) groups is 2. The summed E-state index contributed by atoms with van der Waals surface area (Å²) in [5.41, 5.74) is -1.66. The van der Waals surface area contributed by atoms with E-state index in [1.165, 1.54) is 0 Å². The molecule has 1 aliphatic rings. The molecule has 0 bridgehead atoms. The molecular formula is C23H43NO4. The molecule has 0 atom stereocenters. The average Bonchev–Trinajstić information content (AvgIpc) is 2.65. The highest BCUT2D eigenvalue weighted by molar-refractivity contribution is 5.76. The standard InChI is InChI=1S/C23H43NO4/c1-10-21(8,9)18(25)27-23(20(5,6)7)14-16-24(17-15-23)19(26)28-22(11-2,12-3)13-4/h10-17H2,1-9H3. The monoisotopic (exact) mass is 397 g/mol. The highest BCUT2D eigenvalue weighted by Crippen LogP contribution is 2.44. The smallest absolute Gasteiger partial charge is 0.410 e. The number of amides is 1. The number of nitrogens with zero attached hydrogens (tertiary/aromatic N) is 1. The Labute approximate surface area is 172 Å². The van der Waals surface area contributed by atoms with E-state index in [-0.39, 0.29) is 23.1 Å². The number of esters is 1. The van der Waals surface area contributed by atoms with Crippen molar-refractivity contribution in [3.63, 3.8) is 0 Å². The van der Waals surface area contributed by atoms with Crippen LogP contribution < -0.4 is 0 Å². The maximum absolute atomic E-state index is 12.8. The number of piperidine rings is 1. The zero-order chi connectivity index (χ0) is 21.8. The molecule has 1 aliphatic heterocycles. The molecule has 0 aromatic heterocycles. The van der Waals surface area contributed by atoms with Gasteiger partial charge in [-0.05, 0) is 39.5 Å². The third kappa shape index (κ3) is 5.21. The summed E-state index contributed by atoms with van der Waals surface area (Å²) >= 11 is 0. The molecule has 1 saturated heterocycles. The summed E-state index contributed by atoms with van der Waals surface area (Å²) in [6, 6.07) is 0. The number of hydrogen-bond acceptors (Lipinski definition) is 4. The van der Waals surface area contributed by atoms with Gasteiger partial charge in [-0.15, -0.1) is 0 Å². The topological polar surface area (TPSA) is 55.8 Å². The van der Waals surface area contributed by atoms with Crippen LogP contribution in [0.4, 0.5) is 4.79 Å². The van der Waals surface area contributed by atoms with Crippen molar-refractivity contribution in [2.24, 2.45) is 10.8 Å². The summed E-state index contributed by atoms with van der Waals surface area (Å²) < 4.78 is 12.1. The minimum absolute atomic E-state index is 0.150. The van der Waals surface area contributed by atoms with Gasteiger partial charge in [0.2, 0.25) is 0 Å². The lowest BCUT2D eigenvalue weighted by atomic mass is 9.70. The molecule has 1 rings (SSSR count). The van der Waals surface area contributed by atoms with Crippen LogP contribution in [0.25, 0.3) is 0 Å². The van der Waals surface area contributed by atoms with Crippen LogP contribution in [0.15, 0.2) is 0 Å². The van der Waals surface area contributed by atoms with Gasteiger partial charge in [0.05, 0.1) is 5.41 Å². The fraction of sp³-hybridized carbons (Fsp3) is 0.913. The molecule has 1 amide bonds. The largest absolute Gasteiger partial charge is 0.458 e. The number of hydrogen-bond donors (Lipinski definition) is 0. The van der Waals surface area contributed by atoms with Crippen LogP contribution in [0.5, 0.6) is 0 Å². The molecule has 28 heavy (non-hydrogen) atoms. The van der Waals surface area contributed by atoms with E-state index in [2.05, 4.69) is 41.5 Å². The van der Waals surface area contributed by atoms with Crippen molar-refractivity contribution < 1.29 is 19.1 Å². The van der Waals surface area contributed by atoms with Crippen LogP contribution in [0.1, 0.15) is 101 Å². The predicted octanol–water partition coefficient (Wildman–Crippen LogP) is 5.95. The molecule has 0 aliphatic carbocycles. The van der Waals surface area contributed by atoms with Crippen molar-refractivity contribution in [2.75, 3.05) is 13.1 Å². The van der Waals surface area contributed by atoms with Gasteiger partial charge in [-0.25, -0.2) is 4.79 Å². The number of likely N-dealkylation sites (tertiary alicyclic amines) is 1. The second kappa shape index (κ2) is 9.04. The Balaban J connectivity index is 2.91. The van der Waals surface area contributed by atoms with Gasteiger partial charge < -0.3 is 14.4 Å². The van der Waals surface area contributed by atoms with Crippen LogP contribution in [0.2, 0.25) is 0 Å². The zero-order valence-electron chi connectivity index (χ0n) is 19.7. The lowest BCUT2D eigenvalue weighted by Gasteiger charge is -2.49. The molecule has 0 saturated carbocycles. The summed E-state index contributed by atoms with van der Waals surface area (Å²) in [4.78, 5) is 27.4. The first kappa shape index (κ1) is 24.8. The van der Waals surface area contributed by atoms with Crippen molar-refractivity contribution in [3.05, 3.63) is 0 Å². The maximum Gasteiger partial charge on any atom is 0.410 e. The Morgan fingerprint density at radius 1 is 0.857 bits per heavy atom. The van der Waals surface area contributed by atoms with Crippen LogP contribution >= 0.6 is 0 Å². The number of ether oxygens (including phenoxy) is 2. The Morgan fingerprint density at radius 3 is 1.68 bits per heavy atom. The van der Waals surface area contributed by atoms with E-state index in [0.29, 0.717) is 25.9 Å². The summed E-state index contributed by atoms with van der Waals surface area (Å²) in [5, 5.41) is 0. The Kier molecular flexibility index (Phi) is 8.00. The zero-order valence-corrected chi connectivity index (χ0v) is 19.7. The fourth-order valence-electron chi connectivity index (χ4n) is 3.73. The minimum atomic E-state index is -0.565. The summed E-state index contributed by atoms with van der Waals surface area (Å²) in [7, 11) is 0. The second-order valence-electron chi connectivity index (χ2n) is 9.97. The Bertz CT molecular complexity index is 527. The summed E-state index contributed by atoms with van der Waals surface area (Å²) in [6.07, 6.45) is 4.20. The molecule has 0 aromatic carbocycles. The predicted molar refractivity (Wildman–Crippen MR) is 113 cm³/mol. The van der Waals surface area contributed by atoms with Gasteiger partial charge in [0.25, 0.3) is 0 Å². The van der Waals surface area contributed by atoms with Crippen LogP contribution in [0.3, 0.4) is 0 Å². The molecule has 0 spiro atoms. The first-order valence-electron chi connectivity index (χ1n) is 11.0. The van der Waals surface area contributed by atoms with Gasteiger partial charge in [0.1, 0.15) is 11.2 Å². The van der Waals surface area contributed by atoms with E-state index >= 15 is 0 Å².